The van der Waals surface area contributed by atoms with E-state index in [1.807, 2.05) is 0 Å². The van der Waals surface area contributed by atoms with Gasteiger partial charge in [0.1, 0.15) is 0 Å². The zero-order valence-corrected chi connectivity index (χ0v) is 15.4. The molecule has 0 radical (unpaired) electrons. The third-order valence-electron chi connectivity index (χ3n) is 3.59. The number of nitrogens with one attached hydrogen (secondary N) is 1. The third-order valence-corrected chi connectivity index (χ3v) is 3.59. The van der Waals surface area contributed by atoms with Gasteiger partial charge in [-0.25, -0.2) is 9.59 Å². The second-order valence-corrected chi connectivity index (χ2v) is 5.89. The molecule has 0 fully saturated rings. The summed E-state index contributed by atoms with van der Waals surface area (Å²) >= 11 is 0. The second-order valence-electron chi connectivity index (χ2n) is 5.89. The molecule has 144 valence electrons. The van der Waals surface area contributed by atoms with Gasteiger partial charge in [-0.2, -0.15) is 0 Å². The van der Waals surface area contributed by atoms with Crippen LogP contribution in [0.4, 0.5) is 0 Å². The van der Waals surface area contributed by atoms with Crippen molar-refractivity contribution in [2.24, 2.45) is 0 Å². The minimum absolute atomic E-state index is 0.0521. The molecule has 1 aromatic carbocycles. The third kappa shape index (κ3) is 5.88. The molecule has 0 bridgehead atoms. The first-order valence-electron chi connectivity index (χ1n) is 8.10. The summed E-state index contributed by atoms with van der Waals surface area (Å²) in [5.41, 5.74) is -0.508. The average molecular weight is 375 g/mol. The van der Waals surface area contributed by atoms with Crippen LogP contribution in [0.5, 0.6) is 0 Å². The van der Waals surface area contributed by atoms with Crippen molar-refractivity contribution in [2.75, 3.05) is 13.2 Å². The standard InChI is InChI=1S/C19H21NO7/c1-10(2)17(23)20-6-5-7-27-19(26)16-9-15(18(24)25)13(11(3)21)8-14(16)12(4)22/h8-9H,1,5-7H2,2-4H3,(H,20,23)(H,24,25). The summed E-state index contributed by atoms with van der Waals surface area (Å²) in [5, 5.41) is 11.8. The number of carboxylic acids is 1. The number of Topliss-reactive ketones (excluding diaryl/α,β-unsaturated/α-hetero) is 2. The van der Waals surface area contributed by atoms with Crippen LogP contribution in [0.25, 0.3) is 0 Å². The van der Waals surface area contributed by atoms with Gasteiger partial charge in [-0.1, -0.05) is 6.58 Å². The highest BCUT2D eigenvalue weighted by Gasteiger charge is 2.23. The monoisotopic (exact) mass is 375 g/mol. The van der Waals surface area contributed by atoms with Gasteiger partial charge in [0.25, 0.3) is 0 Å². The van der Waals surface area contributed by atoms with Crippen LogP contribution in [0.1, 0.15) is 68.6 Å². The Bertz CT molecular complexity index is 824. The Labute approximate surface area is 156 Å². The summed E-state index contributed by atoms with van der Waals surface area (Å²) < 4.78 is 5.05. The van der Waals surface area contributed by atoms with E-state index in [2.05, 4.69) is 11.9 Å². The van der Waals surface area contributed by atoms with Gasteiger partial charge >= 0.3 is 11.9 Å². The molecule has 1 amide bonds. The lowest BCUT2D eigenvalue weighted by molar-refractivity contribution is -0.117. The van der Waals surface area contributed by atoms with Crippen LogP contribution in [-0.2, 0) is 9.53 Å². The zero-order chi connectivity index (χ0) is 20.7. The molecule has 1 rings (SSSR count). The van der Waals surface area contributed by atoms with Crippen molar-refractivity contribution in [1.29, 1.82) is 0 Å². The summed E-state index contributed by atoms with van der Waals surface area (Å²) in [5.74, 6) is -3.64. The van der Waals surface area contributed by atoms with Gasteiger partial charge in [0.15, 0.2) is 11.6 Å². The number of ketones is 2. The van der Waals surface area contributed by atoms with Crippen molar-refractivity contribution in [3.8, 4) is 0 Å². The Hall–Kier alpha value is -3.29. The van der Waals surface area contributed by atoms with Crippen molar-refractivity contribution < 1.29 is 33.8 Å². The number of ether oxygens (including phenoxy) is 1. The van der Waals surface area contributed by atoms with E-state index in [1.54, 1.807) is 6.92 Å². The summed E-state index contributed by atoms with van der Waals surface area (Å²) in [4.78, 5) is 58.4. The van der Waals surface area contributed by atoms with E-state index in [9.17, 15) is 29.1 Å². The Morgan fingerprint density at radius 2 is 1.48 bits per heavy atom. The molecule has 1 aromatic rings. The van der Waals surface area contributed by atoms with Gasteiger partial charge in [-0.05, 0) is 39.3 Å². The van der Waals surface area contributed by atoms with Crippen LogP contribution in [-0.4, -0.2) is 47.7 Å². The Morgan fingerprint density at radius 1 is 0.963 bits per heavy atom. The number of esters is 1. The Morgan fingerprint density at radius 3 is 1.96 bits per heavy atom. The number of carboxylic acid groups (broad SMARTS) is 1. The van der Waals surface area contributed by atoms with Crippen molar-refractivity contribution in [2.45, 2.75) is 27.2 Å². The molecule has 0 atom stereocenters. The highest BCUT2D eigenvalue weighted by Crippen LogP contribution is 2.20. The minimum Gasteiger partial charge on any atom is -0.478 e. The topological polar surface area (TPSA) is 127 Å². The van der Waals surface area contributed by atoms with Crippen molar-refractivity contribution in [3.63, 3.8) is 0 Å². The van der Waals surface area contributed by atoms with E-state index in [0.717, 1.165) is 12.1 Å². The number of aromatic carboxylic acids is 1. The van der Waals surface area contributed by atoms with Gasteiger partial charge in [-0.15, -0.1) is 0 Å². The van der Waals surface area contributed by atoms with Crippen LogP contribution < -0.4 is 5.32 Å². The predicted molar refractivity (Wildman–Crippen MR) is 96.1 cm³/mol. The summed E-state index contributed by atoms with van der Waals surface area (Å²) in [6.07, 6.45) is 0.317. The molecule has 8 nitrogen and oxygen atoms in total. The van der Waals surface area contributed by atoms with Crippen LogP contribution in [0, 0.1) is 0 Å². The molecule has 0 aliphatic rings. The smallest absolute Gasteiger partial charge is 0.338 e. The average Bonchev–Trinajstić information content (AvgIpc) is 2.59. The minimum atomic E-state index is -1.40. The van der Waals surface area contributed by atoms with E-state index in [4.69, 9.17) is 4.74 Å². The zero-order valence-electron chi connectivity index (χ0n) is 15.4. The largest absolute Gasteiger partial charge is 0.478 e. The molecular weight excluding hydrogens is 354 g/mol. The van der Waals surface area contributed by atoms with Gasteiger partial charge in [-0.3, -0.25) is 14.4 Å². The van der Waals surface area contributed by atoms with Crippen molar-refractivity contribution in [1.82, 2.24) is 5.32 Å². The van der Waals surface area contributed by atoms with E-state index in [1.165, 1.54) is 13.8 Å². The number of benzene rings is 1. The SMILES string of the molecule is C=C(C)C(=O)NCCCOC(=O)c1cc(C(=O)O)c(C(C)=O)cc1C(C)=O. The first-order chi connectivity index (χ1) is 12.6. The summed E-state index contributed by atoms with van der Waals surface area (Å²) in [6.45, 7) is 7.62. The van der Waals surface area contributed by atoms with Crippen molar-refractivity contribution >= 4 is 29.4 Å². The molecule has 0 spiro atoms. The van der Waals surface area contributed by atoms with Crippen LogP contribution in [0.2, 0.25) is 0 Å². The first kappa shape index (κ1) is 21.8. The van der Waals surface area contributed by atoms with Crippen LogP contribution in [0.15, 0.2) is 24.3 Å². The fraction of sp³-hybridized carbons (Fsp3) is 0.316. The molecular formula is C19H21NO7. The Kier molecular flexibility index (Phi) is 7.59. The van der Waals surface area contributed by atoms with Crippen LogP contribution >= 0.6 is 0 Å². The van der Waals surface area contributed by atoms with Gasteiger partial charge in [0.2, 0.25) is 5.91 Å². The molecule has 0 aliphatic heterocycles. The van der Waals surface area contributed by atoms with E-state index in [0.29, 0.717) is 12.0 Å². The molecule has 0 unspecified atom stereocenters. The molecule has 27 heavy (non-hydrogen) atoms. The van der Waals surface area contributed by atoms with E-state index >= 15 is 0 Å². The molecule has 2 N–H and O–H groups in total. The quantitative estimate of drug-likeness (QED) is 0.293. The normalized spacial score (nSPS) is 10.0. The number of hydrogen-bond acceptors (Lipinski definition) is 6. The summed E-state index contributed by atoms with van der Waals surface area (Å²) in [7, 11) is 0. The van der Waals surface area contributed by atoms with Gasteiger partial charge < -0.3 is 15.2 Å². The van der Waals surface area contributed by atoms with E-state index < -0.39 is 23.5 Å². The molecule has 0 saturated carbocycles. The molecule has 0 saturated heterocycles. The number of carbonyl (C=O) groups is 5. The first-order valence-corrected chi connectivity index (χ1v) is 8.10. The van der Waals surface area contributed by atoms with Gasteiger partial charge in [0, 0.05) is 23.2 Å². The lowest BCUT2D eigenvalue weighted by Crippen LogP contribution is -2.26. The maximum atomic E-state index is 12.3. The fourth-order valence-electron chi connectivity index (χ4n) is 2.20. The van der Waals surface area contributed by atoms with Crippen molar-refractivity contribution in [3.05, 3.63) is 46.5 Å². The summed E-state index contributed by atoms with van der Waals surface area (Å²) in [6, 6.07) is 2.07. The Balaban J connectivity index is 2.95. The molecule has 0 aromatic heterocycles. The molecule has 0 heterocycles. The van der Waals surface area contributed by atoms with E-state index in [-0.39, 0.29) is 41.3 Å². The lowest BCUT2D eigenvalue weighted by Gasteiger charge is -2.12. The predicted octanol–water partition coefficient (Wildman–Crippen LogP) is 2.03. The lowest BCUT2D eigenvalue weighted by atomic mass is 9.94. The molecule has 8 heteroatoms. The van der Waals surface area contributed by atoms with Crippen LogP contribution in [0.3, 0.4) is 0 Å². The number of carbonyl (C=O) groups excluding carboxylic acids is 4. The number of rotatable bonds is 9. The maximum Gasteiger partial charge on any atom is 0.338 e. The fourth-order valence-corrected chi connectivity index (χ4v) is 2.20. The highest BCUT2D eigenvalue weighted by atomic mass is 16.5. The maximum absolute atomic E-state index is 12.3. The number of hydrogen-bond donors (Lipinski definition) is 2. The van der Waals surface area contributed by atoms with Gasteiger partial charge in [0.05, 0.1) is 17.7 Å². The second kappa shape index (κ2) is 9.42. The highest BCUT2D eigenvalue weighted by molar-refractivity contribution is 6.12. The number of amides is 1. The molecule has 0 aliphatic carbocycles.